The third-order valence-electron chi connectivity index (χ3n) is 3.12. The second kappa shape index (κ2) is 4.03. The van der Waals surface area contributed by atoms with Crippen LogP contribution in [0.5, 0.6) is 0 Å². The Hall–Kier alpha value is -1.46. The molecular weight excluding hydrogens is 264 g/mol. The standard InChI is InChI=1S/C13H12N2OS2/c1-6-4-5-17-10(6)11-14-12(16)9-7(2)8(3)18-13(9)15-11/h4-5H,1-3H3,(H,14,15,16). The van der Waals surface area contributed by atoms with Crippen molar-refractivity contribution < 1.29 is 0 Å². The van der Waals surface area contributed by atoms with Gasteiger partial charge in [-0.05, 0) is 43.3 Å². The first-order chi connectivity index (χ1) is 8.58. The lowest BCUT2D eigenvalue weighted by atomic mass is 10.2. The van der Waals surface area contributed by atoms with E-state index in [4.69, 9.17) is 0 Å². The summed E-state index contributed by atoms with van der Waals surface area (Å²) in [6.45, 7) is 6.03. The molecule has 92 valence electrons. The van der Waals surface area contributed by atoms with Gasteiger partial charge in [0.25, 0.3) is 5.56 Å². The lowest BCUT2D eigenvalue weighted by molar-refractivity contribution is 1.19. The summed E-state index contributed by atoms with van der Waals surface area (Å²) in [6, 6.07) is 2.04. The molecule has 0 aliphatic carbocycles. The number of aryl methyl sites for hydroxylation is 3. The third-order valence-corrected chi connectivity index (χ3v) is 5.24. The Morgan fingerprint density at radius 3 is 2.72 bits per heavy atom. The van der Waals surface area contributed by atoms with Gasteiger partial charge in [0, 0.05) is 4.88 Å². The molecule has 1 N–H and O–H groups in total. The first-order valence-corrected chi connectivity index (χ1v) is 7.32. The number of fused-ring (bicyclic) bond motifs is 1. The van der Waals surface area contributed by atoms with Gasteiger partial charge in [-0.25, -0.2) is 4.98 Å². The van der Waals surface area contributed by atoms with Crippen molar-refractivity contribution in [2.45, 2.75) is 20.8 Å². The van der Waals surface area contributed by atoms with Crippen LogP contribution in [0.1, 0.15) is 16.0 Å². The molecule has 0 saturated heterocycles. The van der Waals surface area contributed by atoms with Gasteiger partial charge in [0.2, 0.25) is 0 Å². The highest BCUT2D eigenvalue weighted by atomic mass is 32.1. The molecule has 0 saturated carbocycles. The molecule has 0 bridgehead atoms. The monoisotopic (exact) mass is 276 g/mol. The van der Waals surface area contributed by atoms with E-state index >= 15 is 0 Å². The number of aromatic nitrogens is 2. The highest BCUT2D eigenvalue weighted by molar-refractivity contribution is 7.18. The molecule has 3 nitrogen and oxygen atoms in total. The van der Waals surface area contributed by atoms with E-state index in [1.54, 1.807) is 22.7 Å². The molecule has 0 fully saturated rings. The van der Waals surface area contributed by atoms with Crippen molar-refractivity contribution in [3.63, 3.8) is 0 Å². The van der Waals surface area contributed by atoms with E-state index in [1.807, 2.05) is 32.2 Å². The van der Waals surface area contributed by atoms with Gasteiger partial charge < -0.3 is 4.98 Å². The summed E-state index contributed by atoms with van der Waals surface area (Å²) in [4.78, 5) is 22.7. The van der Waals surface area contributed by atoms with Crippen molar-refractivity contribution in [1.82, 2.24) is 9.97 Å². The van der Waals surface area contributed by atoms with E-state index in [0.29, 0.717) is 5.82 Å². The molecule has 18 heavy (non-hydrogen) atoms. The normalized spacial score (nSPS) is 11.3. The molecule has 3 heterocycles. The molecule has 0 amide bonds. The maximum atomic E-state index is 12.2. The van der Waals surface area contributed by atoms with Crippen LogP contribution in [0.15, 0.2) is 16.2 Å². The summed E-state index contributed by atoms with van der Waals surface area (Å²) >= 11 is 3.19. The van der Waals surface area contributed by atoms with Crippen LogP contribution in [0.3, 0.4) is 0 Å². The van der Waals surface area contributed by atoms with Crippen molar-refractivity contribution in [2.75, 3.05) is 0 Å². The number of hydrogen-bond acceptors (Lipinski definition) is 4. The molecule has 5 heteroatoms. The highest BCUT2D eigenvalue weighted by Gasteiger charge is 2.14. The van der Waals surface area contributed by atoms with Crippen molar-refractivity contribution in [3.05, 3.63) is 37.8 Å². The number of hydrogen-bond donors (Lipinski definition) is 1. The minimum Gasteiger partial charge on any atom is -0.305 e. The van der Waals surface area contributed by atoms with Crippen molar-refractivity contribution in [3.8, 4) is 10.7 Å². The summed E-state index contributed by atoms with van der Waals surface area (Å²) < 4.78 is 0. The van der Waals surface area contributed by atoms with Crippen LogP contribution in [0.25, 0.3) is 20.9 Å². The Bertz CT molecular complexity index is 795. The minimum atomic E-state index is -0.0374. The van der Waals surface area contributed by atoms with Crippen LogP contribution in [0.2, 0.25) is 0 Å². The summed E-state index contributed by atoms with van der Waals surface area (Å²) in [7, 11) is 0. The van der Waals surface area contributed by atoms with Crippen molar-refractivity contribution in [2.24, 2.45) is 0 Å². The minimum absolute atomic E-state index is 0.0374. The first kappa shape index (κ1) is 11.6. The van der Waals surface area contributed by atoms with E-state index in [0.717, 1.165) is 31.1 Å². The average molecular weight is 276 g/mol. The summed E-state index contributed by atoms with van der Waals surface area (Å²) in [5.41, 5.74) is 2.15. The second-order valence-electron chi connectivity index (χ2n) is 4.31. The topological polar surface area (TPSA) is 45.8 Å². The van der Waals surface area contributed by atoms with Crippen LogP contribution >= 0.6 is 22.7 Å². The third kappa shape index (κ3) is 1.62. The quantitative estimate of drug-likeness (QED) is 0.737. The second-order valence-corrected chi connectivity index (χ2v) is 6.43. The van der Waals surface area contributed by atoms with Gasteiger partial charge in [-0.15, -0.1) is 22.7 Å². The van der Waals surface area contributed by atoms with E-state index in [2.05, 4.69) is 9.97 Å². The fourth-order valence-electron chi connectivity index (χ4n) is 1.98. The number of aromatic amines is 1. The summed E-state index contributed by atoms with van der Waals surface area (Å²) in [5.74, 6) is 0.682. The Kier molecular flexibility index (Phi) is 2.60. The van der Waals surface area contributed by atoms with E-state index in [9.17, 15) is 4.79 Å². The van der Waals surface area contributed by atoms with E-state index in [1.165, 1.54) is 0 Å². The molecule has 0 radical (unpaired) electrons. The molecule has 3 rings (SSSR count). The Labute approximate surface area is 112 Å². The van der Waals surface area contributed by atoms with Crippen molar-refractivity contribution in [1.29, 1.82) is 0 Å². The summed E-state index contributed by atoms with van der Waals surface area (Å²) in [6.07, 6.45) is 0. The van der Waals surface area contributed by atoms with Crippen LogP contribution in [0.4, 0.5) is 0 Å². The molecule has 0 aromatic carbocycles. The maximum absolute atomic E-state index is 12.2. The number of thiophene rings is 2. The van der Waals surface area contributed by atoms with Crippen LogP contribution < -0.4 is 5.56 Å². The molecular formula is C13H12N2OS2. The van der Waals surface area contributed by atoms with Gasteiger partial charge in [-0.2, -0.15) is 0 Å². The van der Waals surface area contributed by atoms with E-state index in [-0.39, 0.29) is 5.56 Å². The molecule has 0 atom stereocenters. The fourth-order valence-corrected chi connectivity index (χ4v) is 3.88. The predicted octanol–water partition coefficient (Wildman–Crippen LogP) is 3.64. The number of rotatable bonds is 1. The smallest absolute Gasteiger partial charge is 0.260 e. The van der Waals surface area contributed by atoms with Gasteiger partial charge in [0.1, 0.15) is 4.83 Å². The lowest BCUT2D eigenvalue weighted by Gasteiger charge is -1.99. The first-order valence-electron chi connectivity index (χ1n) is 5.62. The zero-order chi connectivity index (χ0) is 12.9. The molecule has 3 aromatic heterocycles. The molecule has 0 aliphatic heterocycles. The van der Waals surface area contributed by atoms with Crippen molar-refractivity contribution >= 4 is 32.9 Å². The lowest BCUT2D eigenvalue weighted by Crippen LogP contribution is -2.08. The SMILES string of the molecule is Cc1ccsc1-c1nc2sc(C)c(C)c2c(=O)[nH]1. The van der Waals surface area contributed by atoms with Crippen LogP contribution in [-0.4, -0.2) is 9.97 Å². The highest BCUT2D eigenvalue weighted by Crippen LogP contribution is 2.30. The van der Waals surface area contributed by atoms with Crippen LogP contribution in [0, 0.1) is 20.8 Å². The summed E-state index contributed by atoms with van der Waals surface area (Å²) in [5, 5.41) is 2.75. The Morgan fingerprint density at radius 1 is 1.28 bits per heavy atom. The van der Waals surface area contributed by atoms with E-state index < -0.39 is 0 Å². The largest absolute Gasteiger partial charge is 0.305 e. The molecule has 0 unspecified atom stereocenters. The fraction of sp³-hybridized carbons (Fsp3) is 0.231. The zero-order valence-corrected chi connectivity index (χ0v) is 12.0. The predicted molar refractivity (Wildman–Crippen MR) is 77.8 cm³/mol. The maximum Gasteiger partial charge on any atom is 0.260 e. The number of nitrogens with one attached hydrogen (secondary N) is 1. The molecule has 0 spiro atoms. The average Bonchev–Trinajstić information content (AvgIpc) is 2.84. The zero-order valence-electron chi connectivity index (χ0n) is 10.3. The van der Waals surface area contributed by atoms with Gasteiger partial charge in [0.15, 0.2) is 5.82 Å². The van der Waals surface area contributed by atoms with Gasteiger partial charge in [-0.3, -0.25) is 4.79 Å². The number of H-pyrrole nitrogens is 1. The van der Waals surface area contributed by atoms with Crippen LogP contribution in [-0.2, 0) is 0 Å². The van der Waals surface area contributed by atoms with Gasteiger partial charge >= 0.3 is 0 Å². The number of nitrogens with zero attached hydrogens (tertiary/aromatic N) is 1. The van der Waals surface area contributed by atoms with Gasteiger partial charge in [-0.1, -0.05) is 0 Å². The Balaban J connectivity index is 2.35. The Morgan fingerprint density at radius 2 is 2.06 bits per heavy atom. The molecule has 3 aromatic rings. The van der Waals surface area contributed by atoms with Gasteiger partial charge in [0.05, 0.1) is 10.3 Å². The molecule has 0 aliphatic rings.